The van der Waals surface area contributed by atoms with Crippen LogP contribution in [0.4, 0.5) is 0 Å². The van der Waals surface area contributed by atoms with Crippen LogP contribution in [-0.4, -0.2) is 19.1 Å². The molecule has 1 aromatic rings. The highest BCUT2D eigenvalue weighted by atomic mass is 14.9. The Bertz CT molecular complexity index is 332. The number of hydrogen-bond donors (Lipinski definition) is 2. The molecule has 0 amide bonds. The Balaban J connectivity index is 2.18. The van der Waals surface area contributed by atoms with Crippen molar-refractivity contribution in [3.05, 3.63) is 34.9 Å². The van der Waals surface area contributed by atoms with Crippen LogP contribution in [0.1, 0.15) is 37.0 Å². The van der Waals surface area contributed by atoms with E-state index in [1.165, 1.54) is 23.1 Å². The van der Waals surface area contributed by atoms with E-state index in [4.69, 9.17) is 0 Å². The third-order valence-electron chi connectivity index (χ3n) is 2.90. The van der Waals surface area contributed by atoms with Crippen molar-refractivity contribution >= 4 is 0 Å². The summed E-state index contributed by atoms with van der Waals surface area (Å²) in [5, 5.41) is 6.92. The largest absolute Gasteiger partial charge is 0.314 e. The van der Waals surface area contributed by atoms with Gasteiger partial charge in [-0.05, 0) is 44.5 Å². The van der Waals surface area contributed by atoms with Crippen molar-refractivity contribution in [2.45, 2.75) is 46.7 Å². The second kappa shape index (κ2) is 7.46. The first-order valence-electron chi connectivity index (χ1n) is 6.60. The number of aryl methyl sites for hydroxylation is 2. The van der Waals surface area contributed by atoms with E-state index in [9.17, 15) is 0 Å². The van der Waals surface area contributed by atoms with Crippen molar-refractivity contribution in [1.29, 1.82) is 0 Å². The summed E-state index contributed by atoms with van der Waals surface area (Å²) in [5.74, 6) is 0. The minimum atomic E-state index is 0.592. The van der Waals surface area contributed by atoms with Gasteiger partial charge in [0.15, 0.2) is 0 Å². The molecule has 0 fully saturated rings. The predicted octanol–water partition coefficient (Wildman–Crippen LogP) is 2.78. The highest BCUT2D eigenvalue weighted by Gasteiger charge is 1.98. The molecule has 2 heteroatoms. The molecule has 0 aromatic heterocycles. The molecule has 0 heterocycles. The van der Waals surface area contributed by atoms with E-state index >= 15 is 0 Å². The molecule has 96 valence electrons. The molecule has 0 aliphatic rings. The van der Waals surface area contributed by atoms with Crippen LogP contribution in [0.2, 0.25) is 0 Å². The molecule has 0 atom stereocenters. The van der Waals surface area contributed by atoms with Gasteiger partial charge in [-0.1, -0.05) is 37.6 Å². The topological polar surface area (TPSA) is 24.1 Å². The maximum Gasteiger partial charge on any atom is 0.0208 e. The Morgan fingerprint density at radius 3 is 2.53 bits per heavy atom. The summed E-state index contributed by atoms with van der Waals surface area (Å²) in [7, 11) is 0. The van der Waals surface area contributed by atoms with Gasteiger partial charge in [0.05, 0.1) is 0 Å². The summed E-state index contributed by atoms with van der Waals surface area (Å²) in [6.45, 7) is 11.8. The zero-order chi connectivity index (χ0) is 12.7. The number of nitrogens with one attached hydrogen (secondary N) is 2. The zero-order valence-corrected chi connectivity index (χ0v) is 11.6. The molecule has 0 spiro atoms. The molecule has 0 unspecified atom stereocenters. The van der Waals surface area contributed by atoms with Crippen molar-refractivity contribution in [2.75, 3.05) is 13.1 Å². The molecule has 2 nitrogen and oxygen atoms in total. The Morgan fingerprint density at radius 1 is 1.12 bits per heavy atom. The van der Waals surface area contributed by atoms with E-state index in [2.05, 4.69) is 56.5 Å². The molecule has 0 radical (unpaired) electrons. The van der Waals surface area contributed by atoms with Gasteiger partial charge in [-0.2, -0.15) is 0 Å². The van der Waals surface area contributed by atoms with Crippen molar-refractivity contribution in [3.8, 4) is 0 Å². The Kier molecular flexibility index (Phi) is 6.23. The molecule has 0 aliphatic heterocycles. The van der Waals surface area contributed by atoms with E-state index in [1.54, 1.807) is 0 Å². The molecular weight excluding hydrogens is 208 g/mol. The minimum Gasteiger partial charge on any atom is -0.314 e. The van der Waals surface area contributed by atoms with E-state index in [-0.39, 0.29) is 0 Å². The fourth-order valence-electron chi connectivity index (χ4n) is 1.87. The molecule has 0 saturated heterocycles. The van der Waals surface area contributed by atoms with Crippen LogP contribution >= 0.6 is 0 Å². The average molecular weight is 234 g/mol. The van der Waals surface area contributed by atoms with Crippen LogP contribution < -0.4 is 10.6 Å². The fraction of sp³-hybridized carbons (Fsp3) is 0.600. The third-order valence-corrected chi connectivity index (χ3v) is 2.90. The van der Waals surface area contributed by atoms with Crippen LogP contribution in [0, 0.1) is 13.8 Å². The first-order chi connectivity index (χ1) is 8.09. The molecular formula is C15H26N2. The van der Waals surface area contributed by atoms with Gasteiger partial charge in [-0.25, -0.2) is 0 Å². The quantitative estimate of drug-likeness (QED) is 0.709. The number of benzene rings is 1. The molecule has 0 saturated carbocycles. The zero-order valence-electron chi connectivity index (χ0n) is 11.6. The van der Waals surface area contributed by atoms with Gasteiger partial charge in [0.25, 0.3) is 0 Å². The Labute approximate surface area is 106 Å². The van der Waals surface area contributed by atoms with Crippen molar-refractivity contribution in [2.24, 2.45) is 0 Å². The van der Waals surface area contributed by atoms with Crippen LogP contribution in [0.25, 0.3) is 0 Å². The molecule has 1 aromatic carbocycles. The van der Waals surface area contributed by atoms with Gasteiger partial charge in [0.2, 0.25) is 0 Å². The van der Waals surface area contributed by atoms with Crippen molar-refractivity contribution in [1.82, 2.24) is 10.6 Å². The van der Waals surface area contributed by atoms with Crippen LogP contribution in [-0.2, 0) is 6.54 Å². The summed E-state index contributed by atoms with van der Waals surface area (Å²) in [6.07, 6.45) is 1.18. The summed E-state index contributed by atoms with van der Waals surface area (Å²) in [5.41, 5.74) is 4.14. The lowest BCUT2D eigenvalue weighted by Gasteiger charge is -2.10. The summed E-state index contributed by atoms with van der Waals surface area (Å²) < 4.78 is 0. The third kappa shape index (κ3) is 5.85. The van der Waals surface area contributed by atoms with E-state index < -0.39 is 0 Å². The minimum absolute atomic E-state index is 0.592. The lowest BCUT2D eigenvalue weighted by Crippen LogP contribution is -2.26. The van der Waals surface area contributed by atoms with Gasteiger partial charge >= 0.3 is 0 Å². The van der Waals surface area contributed by atoms with Gasteiger partial charge in [-0.15, -0.1) is 0 Å². The normalized spacial score (nSPS) is 11.1. The van der Waals surface area contributed by atoms with E-state index in [0.717, 1.165) is 19.6 Å². The standard InChI is InChI=1S/C15H26N2/c1-12(2)17-9-5-8-16-11-15-7-6-13(3)10-14(15)4/h6-7,10,12,16-17H,5,8-9,11H2,1-4H3. The van der Waals surface area contributed by atoms with Crippen molar-refractivity contribution < 1.29 is 0 Å². The van der Waals surface area contributed by atoms with Crippen molar-refractivity contribution in [3.63, 3.8) is 0 Å². The summed E-state index contributed by atoms with van der Waals surface area (Å²) in [4.78, 5) is 0. The maximum absolute atomic E-state index is 3.50. The van der Waals surface area contributed by atoms with Crippen LogP contribution in [0.5, 0.6) is 0 Å². The SMILES string of the molecule is Cc1ccc(CNCCCNC(C)C)c(C)c1. The lowest BCUT2D eigenvalue weighted by molar-refractivity contribution is 0.547. The summed E-state index contributed by atoms with van der Waals surface area (Å²) in [6, 6.07) is 7.25. The van der Waals surface area contributed by atoms with E-state index in [0.29, 0.717) is 6.04 Å². The fourth-order valence-corrected chi connectivity index (χ4v) is 1.87. The first-order valence-corrected chi connectivity index (χ1v) is 6.60. The number of hydrogen-bond acceptors (Lipinski definition) is 2. The number of rotatable bonds is 7. The summed E-state index contributed by atoms with van der Waals surface area (Å²) >= 11 is 0. The highest BCUT2D eigenvalue weighted by molar-refractivity contribution is 5.30. The average Bonchev–Trinajstić information content (AvgIpc) is 2.25. The van der Waals surface area contributed by atoms with Crippen LogP contribution in [0.15, 0.2) is 18.2 Å². The van der Waals surface area contributed by atoms with Gasteiger partial charge in [0, 0.05) is 12.6 Å². The maximum atomic E-state index is 3.50. The Hall–Kier alpha value is -0.860. The van der Waals surface area contributed by atoms with Gasteiger partial charge in [0.1, 0.15) is 0 Å². The Morgan fingerprint density at radius 2 is 1.88 bits per heavy atom. The van der Waals surface area contributed by atoms with Gasteiger partial charge < -0.3 is 10.6 Å². The molecule has 17 heavy (non-hydrogen) atoms. The smallest absolute Gasteiger partial charge is 0.0208 e. The second-order valence-corrected chi connectivity index (χ2v) is 5.07. The highest BCUT2D eigenvalue weighted by Crippen LogP contribution is 2.09. The second-order valence-electron chi connectivity index (χ2n) is 5.07. The first kappa shape index (κ1) is 14.2. The molecule has 1 rings (SSSR count). The monoisotopic (exact) mass is 234 g/mol. The van der Waals surface area contributed by atoms with Crippen LogP contribution in [0.3, 0.4) is 0 Å². The molecule has 0 aliphatic carbocycles. The lowest BCUT2D eigenvalue weighted by atomic mass is 10.1. The molecule has 2 N–H and O–H groups in total. The predicted molar refractivity (Wildman–Crippen MR) is 75.4 cm³/mol. The van der Waals surface area contributed by atoms with Gasteiger partial charge in [-0.3, -0.25) is 0 Å². The van der Waals surface area contributed by atoms with E-state index in [1.807, 2.05) is 0 Å². The molecule has 0 bridgehead atoms.